The Morgan fingerprint density at radius 2 is 1.83 bits per heavy atom. The molecule has 5 rings (SSSR count). The van der Waals surface area contributed by atoms with Gasteiger partial charge >= 0.3 is 23.4 Å². The Balaban J connectivity index is 0.000000293. The largest absolute Gasteiger partial charge is 0.477 e. The highest BCUT2D eigenvalue weighted by molar-refractivity contribution is 5.96. The number of aryl methyl sites for hydroxylation is 1. The Bertz CT molecular complexity index is 1880. The minimum Gasteiger partial charge on any atom is -0.477 e. The van der Waals surface area contributed by atoms with Crippen LogP contribution in [0, 0.1) is 0 Å². The standard InChI is InChI=1S/C17H13N5O6.C10H13NO2.CH4/c1-21-10-4-8(2-3-12(10)28-17(21)27)6-18-14(23)9-5-11(15(24)25)22-13(20-9)7-19-16(22)26;1-7(11)8-3-5-9(6-4-8)10(12)13-2;/h2-5,7H,6H2,1H3,(H,18,23)(H,19,26)(H,24,25);3-7H,11H2,1-2H3;1H4/t;7-;/m.0./s1. The molecule has 0 unspecified atom stereocenters. The van der Waals surface area contributed by atoms with Crippen LogP contribution >= 0.6 is 0 Å². The summed E-state index contributed by atoms with van der Waals surface area (Å²) in [6.07, 6.45) is 1.22. The number of esters is 1. The predicted octanol–water partition coefficient (Wildman–Crippen LogP) is 2.22. The van der Waals surface area contributed by atoms with Crippen LogP contribution in [-0.4, -0.2) is 49.0 Å². The van der Waals surface area contributed by atoms with Gasteiger partial charge in [0, 0.05) is 31.9 Å². The molecule has 3 heterocycles. The second-order valence-corrected chi connectivity index (χ2v) is 8.93. The number of carboxylic acids is 1. The lowest BCUT2D eigenvalue weighted by atomic mass is 10.1. The highest BCUT2D eigenvalue weighted by Crippen LogP contribution is 2.15. The molecule has 0 aliphatic carbocycles. The van der Waals surface area contributed by atoms with E-state index in [0.29, 0.717) is 22.2 Å². The van der Waals surface area contributed by atoms with Crippen LogP contribution in [0.5, 0.6) is 0 Å². The molecule has 42 heavy (non-hydrogen) atoms. The van der Waals surface area contributed by atoms with Crippen molar-refractivity contribution in [1.29, 1.82) is 0 Å². The van der Waals surface area contributed by atoms with Gasteiger partial charge in [0.1, 0.15) is 11.4 Å². The van der Waals surface area contributed by atoms with Crippen LogP contribution < -0.4 is 22.5 Å². The number of hydrogen-bond donors (Lipinski definition) is 4. The summed E-state index contributed by atoms with van der Waals surface area (Å²) in [5.41, 5.74) is 7.76. The van der Waals surface area contributed by atoms with Crippen LogP contribution in [0.1, 0.15) is 62.9 Å². The Hall–Kier alpha value is -5.50. The van der Waals surface area contributed by atoms with Gasteiger partial charge in [0.15, 0.2) is 11.2 Å². The average molecular weight is 579 g/mol. The van der Waals surface area contributed by atoms with Gasteiger partial charge in [-0.3, -0.25) is 9.36 Å². The molecule has 5 N–H and O–H groups in total. The maximum atomic E-state index is 12.4. The van der Waals surface area contributed by atoms with Gasteiger partial charge in [-0.25, -0.2) is 28.6 Å². The molecule has 0 aliphatic rings. The van der Waals surface area contributed by atoms with E-state index in [0.717, 1.165) is 16.0 Å². The smallest absolute Gasteiger partial charge is 0.419 e. The van der Waals surface area contributed by atoms with Gasteiger partial charge in [-0.1, -0.05) is 25.6 Å². The predicted molar refractivity (Wildman–Crippen MR) is 153 cm³/mol. The molecule has 0 saturated heterocycles. The topological polar surface area (TPSA) is 204 Å². The number of amides is 1. The van der Waals surface area contributed by atoms with Crippen LogP contribution in [0.2, 0.25) is 0 Å². The van der Waals surface area contributed by atoms with Gasteiger partial charge in [0.2, 0.25) is 0 Å². The number of carbonyl (C=O) groups excluding carboxylic acids is 2. The summed E-state index contributed by atoms with van der Waals surface area (Å²) < 4.78 is 11.8. The number of fused-ring (bicyclic) bond motifs is 2. The van der Waals surface area contributed by atoms with Crippen molar-refractivity contribution in [3.8, 4) is 0 Å². The highest BCUT2D eigenvalue weighted by atomic mass is 16.5. The van der Waals surface area contributed by atoms with Crippen LogP contribution in [0.3, 0.4) is 0 Å². The van der Waals surface area contributed by atoms with Crippen LogP contribution in [-0.2, 0) is 18.3 Å². The van der Waals surface area contributed by atoms with E-state index in [2.05, 4.69) is 20.0 Å². The number of nitrogens with one attached hydrogen (secondary N) is 2. The van der Waals surface area contributed by atoms with Crippen LogP contribution in [0.15, 0.2) is 68.7 Å². The van der Waals surface area contributed by atoms with Crippen molar-refractivity contribution >= 4 is 34.6 Å². The molecule has 0 spiro atoms. The van der Waals surface area contributed by atoms with E-state index in [-0.39, 0.29) is 43.0 Å². The lowest BCUT2D eigenvalue weighted by molar-refractivity contribution is 0.0599. The van der Waals surface area contributed by atoms with E-state index >= 15 is 0 Å². The third-order valence-corrected chi connectivity index (χ3v) is 6.12. The van der Waals surface area contributed by atoms with E-state index < -0.39 is 23.3 Å². The molecule has 3 aromatic heterocycles. The number of aromatic nitrogens is 4. The molecule has 0 radical (unpaired) electrons. The average Bonchev–Trinajstić information content (AvgIpc) is 3.48. The third-order valence-electron chi connectivity index (χ3n) is 6.12. The van der Waals surface area contributed by atoms with Crippen molar-refractivity contribution < 1.29 is 28.6 Å². The molecule has 14 heteroatoms. The molecular weight excluding hydrogens is 548 g/mol. The third kappa shape index (κ3) is 6.45. The van der Waals surface area contributed by atoms with E-state index in [1.165, 1.54) is 17.9 Å². The number of benzene rings is 2. The van der Waals surface area contributed by atoms with Crippen molar-refractivity contribution in [2.75, 3.05) is 7.11 Å². The van der Waals surface area contributed by atoms with Crippen molar-refractivity contribution in [2.45, 2.75) is 26.9 Å². The number of carboxylic acid groups (broad SMARTS) is 1. The molecular formula is C28H30N6O8. The summed E-state index contributed by atoms with van der Waals surface area (Å²) in [5.74, 6) is -2.79. The monoisotopic (exact) mass is 578 g/mol. The fourth-order valence-corrected chi connectivity index (χ4v) is 3.89. The number of H-pyrrole nitrogens is 1. The summed E-state index contributed by atoms with van der Waals surface area (Å²) >= 11 is 0. The molecule has 0 saturated carbocycles. The van der Waals surface area contributed by atoms with Gasteiger partial charge in [0.05, 0.1) is 18.2 Å². The number of carbonyl (C=O) groups is 3. The second-order valence-electron chi connectivity index (χ2n) is 8.93. The summed E-state index contributed by atoms with van der Waals surface area (Å²) in [5, 5.41) is 11.9. The molecule has 1 atom stereocenters. The quantitative estimate of drug-likeness (QED) is 0.216. The Kier molecular flexibility index (Phi) is 9.44. The minimum atomic E-state index is -1.37. The van der Waals surface area contributed by atoms with E-state index in [1.54, 1.807) is 37.4 Å². The summed E-state index contributed by atoms with van der Waals surface area (Å²) in [7, 11) is 2.93. The molecule has 1 amide bonds. The van der Waals surface area contributed by atoms with Crippen molar-refractivity contribution in [2.24, 2.45) is 12.8 Å². The zero-order valence-electron chi connectivity index (χ0n) is 22.2. The number of hydrogen-bond acceptors (Lipinski definition) is 9. The SMILES string of the molecule is C.COC(=O)c1ccc([C@H](C)N)cc1.Cn1c(=O)oc2ccc(CNC(=O)c3cc(C(=O)O)n4c(=O)[nH]cc4n3)cc21. The molecule has 0 aliphatic heterocycles. The first-order chi connectivity index (χ1) is 19.5. The van der Waals surface area contributed by atoms with Gasteiger partial charge in [-0.15, -0.1) is 0 Å². The molecule has 14 nitrogen and oxygen atoms in total. The van der Waals surface area contributed by atoms with E-state index in [1.807, 2.05) is 19.1 Å². The fourth-order valence-electron chi connectivity index (χ4n) is 3.89. The molecule has 220 valence electrons. The molecule has 0 fully saturated rings. The zero-order valence-corrected chi connectivity index (χ0v) is 22.2. The van der Waals surface area contributed by atoms with Crippen LogP contribution in [0.25, 0.3) is 16.7 Å². The zero-order chi connectivity index (χ0) is 29.8. The van der Waals surface area contributed by atoms with Crippen molar-refractivity contribution in [1.82, 2.24) is 24.3 Å². The lowest BCUT2D eigenvalue weighted by Crippen LogP contribution is -2.26. The van der Waals surface area contributed by atoms with Gasteiger partial charge in [0.25, 0.3) is 5.91 Å². The number of nitrogens with two attached hydrogens (primary N) is 1. The van der Waals surface area contributed by atoms with E-state index in [9.17, 15) is 29.1 Å². The van der Waals surface area contributed by atoms with Gasteiger partial charge < -0.3 is 30.3 Å². The maximum Gasteiger partial charge on any atom is 0.419 e. The van der Waals surface area contributed by atoms with Crippen molar-refractivity contribution in [3.63, 3.8) is 0 Å². The minimum absolute atomic E-state index is 0. The Morgan fingerprint density at radius 1 is 1.14 bits per heavy atom. The van der Waals surface area contributed by atoms with Gasteiger partial charge in [-0.2, -0.15) is 0 Å². The number of nitrogens with zero attached hydrogens (tertiary/aromatic N) is 3. The summed E-state index contributed by atoms with van der Waals surface area (Å²) in [6, 6.07) is 13.1. The number of oxazole rings is 1. The highest BCUT2D eigenvalue weighted by Gasteiger charge is 2.18. The Morgan fingerprint density at radius 3 is 2.45 bits per heavy atom. The Labute approximate surface area is 238 Å². The number of rotatable bonds is 6. The number of methoxy groups -OCH3 is 1. The summed E-state index contributed by atoms with van der Waals surface area (Å²) in [4.78, 5) is 64.5. The fraction of sp³-hybridized carbons (Fsp3) is 0.214. The lowest BCUT2D eigenvalue weighted by Gasteiger charge is -2.07. The first-order valence-electron chi connectivity index (χ1n) is 12.1. The van der Waals surface area contributed by atoms with Crippen LogP contribution in [0.4, 0.5) is 0 Å². The molecule has 0 bridgehead atoms. The number of ether oxygens (including phenoxy) is 1. The number of aromatic carboxylic acids is 1. The van der Waals surface area contributed by atoms with Crippen molar-refractivity contribution in [3.05, 3.63) is 104 Å². The number of aromatic amines is 1. The number of imidazole rings is 1. The van der Waals surface area contributed by atoms with E-state index in [4.69, 9.17) is 10.2 Å². The van der Waals surface area contributed by atoms with Gasteiger partial charge in [-0.05, 0) is 42.3 Å². The summed E-state index contributed by atoms with van der Waals surface area (Å²) in [6.45, 7) is 2.01. The molecule has 5 aromatic rings. The molecule has 2 aromatic carbocycles. The first kappa shape index (κ1) is 31.0. The normalized spacial score (nSPS) is 11.2. The first-order valence-corrected chi connectivity index (χ1v) is 12.1. The maximum absolute atomic E-state index is 12.4. The second kappa shape index (κ2) is 12.8.